The van der Waals surface area contributed by atoms with E-state index in [2.05, 4.69) is 10.2 Å². The first-order valence-corrected chi connectivity index (χ1v) is 13.4. The number of hydrogen-bond acceptors (Lipinski definition) is 5. The van der Waals surface area contributed by atoms with Crippen LogP contribution in [0.25, 0.3) is 0 Å². The number of carbonyl (C=O) groups excluding carboxylic acids is 3. The zero-order chi connectivity index (χ0) is 27.4. The van der Waals surface area contributed by atoms with Gasteiger partial charge in [-0.3, -0.25) is 14.6 Å². The maximum absolute atomic E-state index is 13.3. The van der Waals surface area contributed by atoms with E-state index in [9.17, 15) is 14.4 Å². The van der Waals surface area contributed by atoms with Crippen LogP contribution in [0.15, 0.2) is 53.7 Å². The second kappa shape index (κ2) is 12.2. The molecule has 2 aromatic rings. The molecule has 4 rings (SSSR count). The summed E-state index contributed by atoms with van der Waals surface area (Å²) < 4.78 is 5.41. The monoisotopic (exact) mass is 558 g/mol. The van der Waals surface area contributed by atoms with Crippen LogP contribution >= 0.6 is 23.2 Å². The van der Waals surface area contributed by atoms with Gasteiger partial charge in [-0.05, 0) is 44.0 Å². The fraction of sp³-hybridized carbons (Fsp3) is 0.393. The summed E-state index contributed by atoms with van der Waals surface area (Å²) in [5.74, 6) is -0.524. The first-order valence-electron chi connectivity index (χ1n) is 12.7. The zero-order valence-corrected chi connectivity index (χ0v) is 23.3. The number of nitrogens with zero attached hydrogens (tertiary/aromatic N) is 3. The SMILES string of the molecule is CCOC(=O)C1=C(CN2CCCN(C(=O)c3ccc(C)cc3)CC2)N(C)C(=O)N[C@H]1c1cccc(Cl)c1Cl. The lowest BCUT2D eigenvalue weighted by Crippen LogP contribution is -2.49. The van der Waals surface area contributed by atoms with Gasteiger partial charge < -0.3 is 15.0 Å². The third-order valence-electron chi connectivity index (χ3n) is 6.91. The largest absolute Gasteiger partial charge is 0.463 e. The lowest BCUT2D eigenvalue weighted by atomic mass is 9.94. The number of carbonyl (C=O) groups is 3. The molecule has 1 N–H and O–H groups in total. The maximum Gasteiger partial charge on any atom is 0.338 e. The minimum atomic E-state index is -0.814. The molecule has 3 amide bonds. The lowest BCUT2D eigenvalue weighted by molar-refractivity contribution is -0.139. The lowest BCUT2D eigenvalue weighted by Gasteiger charge is -2.37. The minimum Gasteiger partial charge on any atom is -0.463 e. The summed E-state index contributed by atoms with van der Waals surface area (Å²) in [6, 6.07) is 11.5. The van der Waals surface area contributed by atoms with Crippen molar-refractivity contribution >= 4 is 41.1 Å². The van der Waals surface area contributed by atoms with Crippen molar-refractivity contribution in [2.45, 2.75) is 26.3 Å². The summed E-state index contributed by atoms with van der Waals surface area (Å²) in [6.07, 6.45) is 0.763. The van der Waals surface area contributed by atoms with Crippen LogP contribution in [-0.4, -0.2) is 79.0 Å². The van der Waals surface area contributed by atoms with Crippen LogP contribution in [0.4, 0.5) is 4.79 Å². The quantitative estimate of drug-likeness (QED) is 0.521. The van der Waals surface area contributed by atoms with E-state index in [0.717, 1.165) is 12.0 Å². The van der Waals surface area contributed by atoms with E-state index in [1.54, 1.807) is 32.2 Å². The van der Waals surface area contributed by atoms with Gasteiger partial charge in [0.2, 0.25) is 0 Å². The highest BCUT2D eigenvalue weighted by Crippen LogP contribution is 2.37. The summed E-state index contributed by atoms with van der Waals surface area (Å²) in [4.78, 5) is 44.8. The number of amides is 3. The molecular formula is C28H32Cl2N4O4. The predicted octanol–water partition coefficient (Wildman–Crippen LogP) is 4.66. The Bertz CT molecular complexity index is 1250. The van der Waals surface area contributed by atoms with E-state index < -0.39 is 12.0 Å². The number of hydrogen-bond donors (Lipinski definition) is 1. The smallest absolute Gasteiger partial charge is 0.338 e. The average molecular weight is 559 g/mol. The molecule has 1 atom stereocenters. The number of aryl methyl sites for hydroxylation is 1. The number of benzene rings is 2. The zero-order valence-electron chi connectivity index (χ0n) is 21.8. The Morgan fingerprint density at radius 3 is 2.50 bits per heavy atom. The molecule has 0 bridgehead atoms. The highest BCUT2D eigenvalue weighted by atomic mass is 35.5. The molecule has 38 heavy (non-hydrogen) atoms. The normalized spacial score (nSPS) is 18.8. The highest BCUT2D eigenvalue weighted by Gasteiger charge is 2.38. The Kier molecular flexibility index (Phi) is 8.97. The van der Waals surface area contributed by atoms with Crippen molar-refractivity contribution in [3.8, 4) is 0 Å². The Morgan fingerprint density at radius 1 is 1.05 bits per heavy atom. The fourth-order valence-corrected chi connectivity index (χ4v) is 5.21. The van der Waals surface area contributed by atoms with E-state index in [-0.39, 0.29) is 23.6 Å². The number of esters is 1. The van der Waals surface area contributed by atoms with Gasteiger partial charge in [-0.15, -0.1) is 0 Å². The van der Waals surface area contributed by atoms with Gasteiger partial charge in [-0.25, -0.2) is 9.59 Å². The summed E-state index contributed by atoms with van der Waals surface area (Å²) in [7, 11) is 1.63. The topological polar surface area (TPSA) is 82.2 Å². The third-order valence-corrected chi connectivity index (χ3v) is 7.75. The van der Waals surface area contributed by atoms with Crippen molar-refractivity contribution in [3.63, 3.8) is 0 Å². The second-order valence-electron chi connectivity index (χ2n) is 9.45. The molecule has 0 aliphatic carbocycles. The molecule has 10 heteroatoms. The van der Waals surface area contributed by atoms with Gasteiger partial charge in [-0.1, -0.05) is 53.0 Å². The van der Waals surface area contributed by atoms with E-state index in [4.69, 9.17) is 27.9 Å². The predicted molar refractivity (Wildman–Crippen MR) is 147 cm³/mol. The first-order chi connectivity index (χ1) is 18.2. The molecule has 0 saturated carbocycles. The van der Waals surface area contributed by atoms with Crippen molar-refractivity contribution in [2.24, 2.45) is 0 Å². The third kappa shape index (κ3) is 5.98. The van der Waals surface area contributed by atoms with Gasteiger partial charge in [0.15, 0.2) is 0 Å². The molecule has 0 spiro atoms. The molecule has 2 aliphatic rings. The minimum absolute atomic E-state index is 0.00287. The molecule has 0 radical (unpaired) electrons. The summed E-state index contributed by atoms with van der Waals surface area (Å²) in [5.41, 5.74) is 3.14. The molecule has 2 heterocycles. The van der Waals surface area contributed by atoms with Gasteiger partial charge in [-0.2, -0.15) is 0 Å². The van der Waals surface area contributed by atoms with Crippen LogP contribution in [0.5, 0.6) is 0 Å². The van der Waals surface area contributed by atoms with Crippen LogP contribution in [0.1, 0.15) is 40.9 Å². The Balaban J connectivity index is 1.61. The van der Waals surface area contributed by atoms with Crippen molar-refractivity contribution in [1.29, 1.82) is 0 Å². The Labute approximate surface area is 233 Å². The van der Waals surface area contributed by atoms with Crippen molar-refractivity contribution in [1.82, 2.24) is 20.0 Å². The molecule has 0 unspecified atom stereocenters. The molecule has 202 valence electrons. The van der Waals surface area contributed by atoms with E-state index in [1.807, 2.05) is 36.1 Å². The number of likely N-dealkylation sites (N-methyl/N-ethyl adjacent to an activating group) is 1. The van der Waals surface area contributed by atoms with Gasteiger partial charge in [0, 0.05) is 51.0 Å². The first kappa shape index (κ1) is 28.0. The molecule has 0 aromatic heterocycles. The molecule has 1 saturated heterocycles. The van der Waals surface area contributed by atoms with Crippen LogP contribution in [0, 0.1) is 6.92 Å². The second-order valence-corrected chi connectivity index (χ2v) is 10.2. The van der Waals surface area contributed by atoms with Gasteiger partial charge >= 0.3 is 12.0 Å². The van der Waals surface area contributed by atoms with E-state index in [1.165, 1.54) is 4.90 Å². The summed E-state index contributed by atoms with van der Waals surface area (Å²) >= 11 is 12.8. The number of nitrogens with one attached hydrogen (secondary N) is 1. The van der Waals surface area contributed by atoms with Gasteiger partial charge in [0.05, 0.1) is 28.3 Å². The van der Waals surface area contributed by atoms with Crippen LogP contribution < -0.4 is 5.32 Å². The van der Waals surface area contributed by atoms with Crippen molar-refractivity contribution in [3.05, 3.63) is 80.5 Å². The van der Waals surface area contributed by atoms with E-state index in [0.29, 0.717) is 60.1 Å². The average Bonchev–Trinajstić information content (AvgIpc) is 3.14. The molecule has 2 aromatic carbocycles. The van der Waals surface area contributed by atoms with Crippen molar-refractivity contribution < 1.29 is 19.1 Å². The van der Waals surface area contributed by atoms with Gasteiger partial charge in [0.25, 0.3) is 5.91 Å². The fourth-order valence-electron chi connectivity index (χ4n) is 4.80. The Hall–Kier alpha value is -3.07. The summed E-state index contributed by atoms with van der Waals surface area (Å²) in [5, 5.41) is 3.47. The number of urea groups is 1. The molecule has 2 aliphatic heterocycles. The number of halogens is 2. The van der Waals surface area contributed by atoms with E-state index >= 15 is 0 Å². The van der Waals surface area contributed by atoms with Crippen LogP contribution in [0.2, 0.25) is 10.0 Å². The van der Waals surface area contributed by atoms with Crippen molar-refractivity contribution in [2.75, 3.05) is 46.4 Å². The molecular weight excluding hydrogens is 527 g/mol. The van der Waals surface area contributed by atoms with Gasteiger partial charge in [0.1, 0.15) is 0 Å². The summed E-state index contributed by atoms with van der Waals surface area (Å²) in [6.45, 7) is 6.70. The molecule has 1 fully saturated rings. The number of ether oxygens (including phenoxy) is 1. The Morgan fingerprint density at radius 2 is 1.79 bits per heavy atom. The molecule has 8 nitrogen and oxygen atoms in total. The maximum atomic E-state index is 13.3. The standard InChI is InChI=1S/C28H32Cl2N4O4/c1-4-38-27(36)23-22(32(3)28(37)31-25(23)20-7-5-8-21(29)24(20)30)17-33-13-6-14-34(16-15-33)26(35)19-11-9-18(2)10-12-19/h5,7-12,25H,4,6,13-17H2,1-3H3,(H,31,37)/t25-/m0/s1. The van der Waals surface area contributed by atoms with Crippen LogP contribution in [0.3, 0.4) is 0 Å². The highest BCUT2D eigenvalue weighted by molar-refractivity contribution is 6.42. The number of rotatable bonds is 6. The van der Waals surface area contributed by atoms with Crippen LogP contribution in [-0.2, 0) is 9.53 Å².